The summed E-state index contributed by atoms with van der Waals surface area (Å²) in [6, 6.07) is 4.86. The van der Waals surface area contributed by atoms with E-state index in [2.05, 4.69) is 0 Å². The van der Waals surface area contributed by atoms with E-state index in [0.29, 0.717) is 23.6 Å². The van der Waals surface area contributed by atoms with Crippen molar-refractivity contribution in [3.05, 3.63) is 23.8 Å². The van der Waals surface area contributed by atoms with Crippen LogP contribution in [0, 0.1) is 0 Å². The summed E-state index contributed by atoms with van der Waals surface area (Å²) in [5.41, 5.74) is 6.61. The van der Waals surface area contributed by atoms with Crippen LogP contribution in [0.2, 0.25) is 0 Å². The summed E-state index contributed by atoms with van der Waals surface area (Å²) in [6.45, 7) is 1.18. The van der Waals surface area contributed by atoms with Crippen LogP contribution in [-0.4, -0.2) is 32.4 Å². The van der Waals surface area contributed by atoms with Crippen molar-refractivity contribution in [1.29, 1.82) is 0 Å². The molecular weight excluding hydrogens is 246 g/mol. The highest BCUT2D eigenvalue weighted by atomic mass is 16.5. The molecule has 1 heterocycles. The normalized spacial score (nSPS) is 18.3. The fraction of sp³-hybridized carbons (Fsp3) is 0.500. The van der Waals surface area contributed by atoms with E-state index in [4.69, 9.17) is 19.9 Å². The molecule has 0 aromatic heterocycles. The molecule has 19 heavy (non-hydrogen) atoms. The standard InChI is InChI=1S/C14H19NO4/c1-17-13-5-4-10(9-12(13)15)14(16)19-8-6-11-3-2-7-18-11/h4-5,9,11H,2-3,6-8,15H2,1H3. The first-order chi connectivity index (χ1) is 9.20. The van der Waals surface area contributed by atoms with E-state index in [1.807, 2.05) is 0 Å². The monoisotopic (exact) mass is 265 g/mol. The van der Waals surface area contributed by atoms with Crippen molar-refractivity contribution >= 4 is 11.7 Å². The van der Waals surface area contributed by atoms with Crippen LogP contribution in [0.15, 0.2) is 18.2 Å². The zero-order valence-corrected chi connectivity index (χ0v) is 11.1. The van der Waals surface area contributed by atoms with Gasteiger partial charge < -0.3 is 19.9 Å². The van der Waals surface area contributed by atoms with Gasteiger partial charge in [-0.3, -0.25) is 0 Å². The van der Waals surface area contributed by atoms with Gasteiger partial charge >= 0.3 is 5.97 Å². The molecule has 1 atom stereocenters. The van der Waals surface area contributed by atoms with Gasteiger partial charge in [-0.2, -0.15) is 0 Å². The number of nitrogen functional groups attached to an aromatic ring is 1. The van der Waals surface area contributed by atoms with Gasteiger partial charge in [0.15, 0.2) is 0 Å². The van der Waals surface area contributed by atoms with E-state index in [-0.39, 0.29) is 12.1 Å². The van der Waals surface area contributed by atoms with Gasteiger partial charge in [-0.05, 0) is 31.0 Å². The predicted octanol–water partition coefficient (Wildman–Crippen LogP) is 2.00. The summed E-state index contributed by atoms with van der Waals surface area (Å²) < 4.78 is 15.7. The summed E-state index contributed by atoms with van der Waals surface area (Å²) in [5.74, 6) is 0.184. The van der Waals surface area contributed by atoms with Crippen LogP contribution in [0.4, 0.5) is 5.69 Å². The maximum absolute atomic E-state index is 11.8. The topological polar surface area (TPSA) is 70.8 Å². The van der Waals surface area contributed by atoms with E-state index < -0.39 is 0 Å². The first-order valence-corrected chi connectivity index (χ1v) is 6.43. The van der Waals surface area contributed by atoms with Crippen molar-refractivity contribution in [3.8, 4) is 5.75 Å². The number of hydrogen-bond donors (Lipinski definition) is 1. The van der Waals surface area contributed by atoms with Gasteiger partial charge in [0.05, 0.1) is 31.1 Å². The Morgan fingerprint density at radius 2 is 2.37 bits per heavy atom. The van der Waals surface area contributed by atoms with E-state index in [1.165, 1.54) is 7.11 Å². The molecule has 5 heteroatoms. The third kappa shape index (κ3) is 3.61. The number of carbonyl (C=O) groups is 1. The van der Waals surface area contributed by atoms with E-state index in [9.17, 15) is 4.79 Å². The van der Waals surface area contributed by atoms with Gasteiger partial charge in [0.25, 0.3) is 0 Å². The molecule has 1 fully saturated rings. The van der Waals surface area contributed by atoms with Crippen molar-refractivity contribution in [3.63, 3.8) is 0 Å². The average molecular weight is 265 g/mol. The number of carbonyl (C=O) groups excluding carboxylic acids is 1. The zero-order chi connectivity index (χ0) is 13.7. The Hall–Kier alpha value is -1.75. The Balaban J connectivity index is 1.83. The molecule has 1 aromatic rings. The predicted molar refractivity (Wildman–Crippen MR) is 71.3 cm³/mol. The number of ether oxygens (including phenoxy) is 3. The van der Waals surface area contributed by atoms with Crippen LogP contribution in [0.5, 0.6) is 5.75 Å². The van der Waals surface area contributed by atoms with Crippen molar-refractivity contribution in [2.24, 2.45) is 0 Å². The number of hydrogen-bond acceptors (Lipinski definition) is 5. The molecule has 0 bridgehead atoms. The number of rotatable bonds is 5. The van der Waals surface area contributed by atoms with Crippen LogP contribution in [0.25, 0.3) is 0 Å². The molecule has 0 amide bonds. The van der Waals surface area contributed by atoms with Gasteiger partial charge in [0, 0.05) is 13.0 Å². The maximum Gasteiger partial charge on any atom is 0.338 e. The highest BCUT2D eigenvalue weighted by Crippen LogP contribution is 2.22. The lowest BCUT2D eigenvalue weighted by molar-refractivity contribution is 0.0386. The minimum atomic E-state index is -0.368. The van der Waals surface area contributed by atoms with Gasteiger partial charge in [-0.1, -0.05) is 0 Å². The van der Waals surface area contributed by atoms with Crippen LogP contribution in [-0.2, 0) is 9.47 Å². The molecule has 1 unspecified atom stereocenters. The number of anilines is 1. The lowest BCUT2D eigenvalue weighted by Crippen LogP contribution is -2.13. The smallest absolute Gasteiger partial charge is 0.338 e. The maximum atomic E-state index is 11.8. The zero-order valence-electron chi connectivity index (χ0n) is 11.1. The quantitative estimate of drug-likeness (QED) is 0.651. The Labute approximate surface area is 112 Å². The molecular formula is C14H19NO4. The fourth-order valence-corrected chi connectivity index (χ4v) is 2.10. The first-order valence-electron chi connectivity index (χ1n) is 6.43. The number of benzene rings is 1. The highest BCUT2D eigenvalue weighted by molar-refractivity contribution is 5.91. The minimum Gasteiger partial charge on any atom is -0.495 e. The minimum absolute atomic E-state index is 0.230. The van der Waals surface area contributed by atoms with Gasteiger partial charge in [-0.15, -0.1) is 0 Å². The van der Waals surface area contributed by atoms with Crippen molar-refractivity contribution in [2.45, 2.75) is 25.4 Å². The Bertz CT molecular complexity index is 441. The summed E-state index contributed by atoms with van der Waals surface area (Å²) in [6.07, 6.45) is 3.12. The van der Waals surface area contributed by atoms with Crippen LogP contribution in [0.3, 0.4) is 0 Å². The SMILES string of the molecule is COc1ccc(C(=O)OCCC2CCCO2)cc1N. The summed E-state index contributed by atoms with van der Waals surface area (Å²) in [4.78, 5) is 11.8. The number of nitrogens with two attached hydrogens (primary N) is 1. The van der Waals surface area contributed by atoms with Crippen molar-refractivity contribution in [2.75, 3.05) is 26.1 Å². The van der Waals surface area contributed by atoms with E-state index in [1.54, 1.807) is 18.2 Å². The molecule has 5 nitrogen and oxygen atoms in total. The summed E-state index contributed by atoms with van der Waals surface area (Å²) in [7, 11) is 1.53. The second-order valence-corrected chi connectivity index (χ2v) is 4.52. The first kappa shape index (κ1) is 13.7. The van der Waals surface area contributed by atoms with Crippen LogP contribution in [0.1, 0.15) is 29.6 Å². The lowest BCUT2D eigenvalue weighted by atomic mass is 10.2. The molecule has 0 aliphatic carbocycles. The van der Waals surface area contributed by atoms with Gasteiger partial charge in [0.2, 0.25) is 0 Å². The highest BCUT2D eigenvalue weighted by Gasteiger charge is 2.16. The Morgan fingerprint density at radius 1 is 1.53 bits per heavy atom. The molecule has 1 aromatic carbocycles. The van der Waals surface area contributed by atoms with Gasteiger partial charge in [0.1, 0.15) is 5.75 Å². The molecule has 1 aliphatic rings. The molecule has 2 rings (SSSR count). The number of methoxy groups -OCH3 is 1. The second kappa shape index (κ2) is 6.43. The van der Waals surface area contributed by atoms with Gasteiger partial charge in [-0.25, -0.2) is 4.79 Å². The summed E-state index contributed by atoms with van der Waals surface area (Å²) in [5, 5.41) is 0. The molecule has 0 saturated carbocycles. The number of esters is 1. The largest absolute Gasteiger partial charge is 0.495 e. The third-order valence-electron chi connectivity index (χ3n) is 3.16. The lowest BCUT2D eigenvalue weighted by Gasteiger charge is -2.10. The third-order valence-corrected chi connectivity index (χ3v) is 3.16. The average Bonchev–Trinajstić information content (AvgIpc) is 2.91. The Kier molecular flexibility index (Phi) is 4.63. The van der Waals surface area contributed by atoms with E-state index in [0.717, 1.165) is 25.9 Å². The molecule has 1 saturated heterocycles. The molecule has 0 radical (unpaired) electrons. The van der Waals surface area contributed by atoms with E-state index >= 15 is 0 Å². The molecule has 104 valence electrons. The fourth-order valence-electron chi connectivity index (χ4n) is 2.10. The molecule has 2 N–H and O–H groups in total. The second-order valence-electron chi connectivity index (χ2n) is 4.52. The molecule has 1 aliphatic heterocycles. The summed E-state index contributed by atoms with van der Waals surface area (Å²) >= 11 is 0. The van der Waals surface area contributed by atoms with Crippen molar-refractivity contribution < 1.29 is 19.0 Å². The van der Waals surface area contributed by atoms with Crippen LogP contribution >= 0.6 is 0 Å². The Morgan fingerprint density at radius 3 is 3.00 bits per heavy atom. The van der Waals surface area contributed by atoms with Crippen molar-refractivity contribution in [1.82, 2.24) is 0 Å². The van der Waals surface area contributed by atoms with Crippen LogP contribution < -0.4 is 10.5 Å². The molecule has 0 spiro atoms.